The zero-order chi connectivity index (χ0) is 12.3. The van der Waals surface area contributed by atoms with Crippen LogP contribution in [0.25, 0.3) is 0 Å². The second kappa shape index (κ2) is 5.15. The van der Waals surface area contributed by atoms with Crippen molar-refractivity contribution in [2.45, 2.75) is 6.54 Å². The molecule has 0 fully saturated rings. The summed E-state index contributed by atoms with van der Waals surface area (Å²) in [5, 5.41) is 2.80. The zero-order valence-electron chi connectivity index (χ0n) is 8.88. The molecule has 0 unspecified atom stereocenters. The number of anilines is 1. The summed E-state index contributed by atoms with van der Waals surface area (Å²) in [6, 6.07) is 11.4. The van der Waals surface area contributed by atoms with E-state index >= 15 is 0 Å². The predicted octanol–water partition coefficient (Wildman–Crippen LogP) is 4.23. The van der Waals surface area contributed by atoms with Gasteiger partial charge in [-0.05, 0) is 24.3 Å². The first-order valence-electron chi connectivity index (χ1n) is 5.09. The highest BCUT2D eigenvalue weighted by Crippen LogP contribution is 2.20. The van der Waals surface area contributed by atoms with E-state index in [1.165, 1.54) is 0 Å². The molecule has 0 aliphatic carbocycles. The van der Waals surface area contributed by atoms with Crippen molar-refractivity contribution >= 4 is 17.3 Å². The van der Waals surface area contributed by atoms with Crippen molar-refractivity contribution in [1.29, 1.82) is 0 Å². The number of nitrogens with one attached hydrogen (secondary N) is 1. The molecule has 88 valence electrons. The molecule has 17 heavy (non-hydrogen) atoms. The predicted molar refractivity (Wildman–Crippen MR) is 65.1 cm³/mol. The molecule has 0 aliphatic rings. The topological polar surface area (TPSA) is 12.0 Å². The molecule has 4 heteroatoms. The molecule has 0 amide bonds. The molecular formula is C13H10ClF2N. The first kappa shape index (κ1) is 11.9. The Morgan fingerprint density at radius 2 is 1.71 bits per heavy atom. The van der Waals surface area contributed by atoms with Gasteiger partial charge in [0.15, 0.2) is 0 Å². The Morgan fingerprint density at radius 1 is 1.00 bits per heavy atom. The Hall–Kier alpha value is -1.61. The summed E-state index contributed by atoms with van der Waals surface area (Å²) in [5.41, 5.74) is 1.10. The van der Waals surface area contributed by atoms with Gasteiger partial charge >= 0.3 is 0 Å². The third-order valence-electron chi connectivity index (χ3n) is 2.35. The molecule has 2 aromatic carbocycles. The van der Waals surface area contributed by atoms with E-state index in [4.69, 9.17) is 11.6 Å². The van der Waals surface area contributed by atoms with Gasteiger partial charge in [0, 0.05) is 17.8 Å². The van der Waals surface area contributed by atoms with Gasteiger partial charge in [0.25, 0.3) is 0 Å². The SMILES string of the molecule is Fc1cc(CNc2ccccc2)c(F)cc1Cl. The highest BCUT2D eigenvalue weighted by Gasteiger charge is 2.08. The molecule has 0 aliphatic heterocycles. The minimum absolute atomic E-state index is 0.203. The van der Waals surface area contributed by atoms with Crippen molar-refractivity contribution in [1.82, 2.24) is 0 Å². The van der Waals surface area contributed by atoms with Crippen molar-refractivity contribution < 1.29 is 8.78 Å². The molecule has 0 radical (unpaired) electrons. The van der Waals surface area contributed by atoms with Gasteiger partial charge in [-0.15, -0.1) is 0 Å². The summed E-state index contributed by atoms with van der Waals surface area (Å²) >= 11 is 5.47. The first-order chi connectivity index (χ1) is 8.16. The normalized spacial score (nSPS) is 10.3. The van der Waals surface area contributed by atoms with Gasteiger partial charge in [0.05, 0.1) is 5.02 Å². The summed E-state index contributed by atoms with van der Waals surface area (Å²) in [7, 11) is 0. The standard InChI is InChI=1S/C13H10ClF2N/c14-11-7-12(15)9(6-13(11)16)8-17-10-4-2-1-3-5-10/h1-7,17H,8H2. The summed E-state index contributed by atoms with van der Waals surface area (Å²) in [6.45, 7) is 0.212. The quantitative estimate of drug-likeness (QED) is 0.807. The van der Waals surface area contributed by atoms with E-state index in [2.05, 4.69) is 5.32 Å². The lowest BCUT2D eigenvalue weighted by atomic mass is 10.2. The maximum Gasteiger partial charge on any atom is 0.142 e. The van der Waals surface area contributed by atoms with Gasteiger partial charge in [-0.1, -0.05) is 29.8 Å². The van der Waals surface area contributed by atoms with E-state index < -0.39 is 11.6 Å². The molecule has 2 aromatic rings. The number of para-hydroxylation sites is 1. The molecule has 0 spiro atoms. The summed E-state index contributed by atoms with van der Waals surface area (Å²) < 4.78 is 26.6. The van der Waals surface area contributed by atoms with Gasteiger partial charge in [0.2, 0.25) is 0 Å². The minimum atomic E-state index is -0.613. The Labute approximate surface area is 103 Å². The Bertz CT molecular complexity index is 514. The van der Waals surface area contributed by atoms with Crippen LogP contribution in [0.2, 0.25) is 5.02 Å². The van der Waals surface area contributed by atoms with E-state index in [0.717, 1.165) is 17.8 Å². The van der Waals surface area contributed by atoms with Crippen LogP contribution in [-0.2, 0) is 6.54 Å². The fraction of sp³-hybridized carbons (Fsp3) is 0.0769. The summed E-state index contributed by atoms with van der Waals surface area (Å²) in [6.07, 6.45) is 0. The Kier molecular flexibility index (Phi) is 3.59. The minimum Gasteiger partial charge on any atom is -0.381 e. The zero-order valence-corrected chi connectivity index (χ0v) is 9.64. The van der Waals surface area contributed by atoms with Crippen LogP contribution >= 0.6 is 11.6 Å². The monoisotopic (exact) mass is 253 g/mol. The average molecular weight is 254 g/mol. The molecule has 0 aromatic heterocycles. The van der Waals surface area contributed by atoms with E-state index in [0.29, 0.717) is 0 Å². The first-order valence-corrected chi connectivity index (χ1v) is 5.47. The van der Waals surface area contributed by atoms with Gasteiger partial charge in [-0.2, -0.15) is 0 Å². The molecule has 1 nitrogen and oxygen atoms in total. The lowest BCUT2D eigenvalue weighted by molar-refractivity contribution is 0.588. The largest absolute Gasteiger partial charge is 0.381 e. The maximum atomic E-state index is 13.4. The van der Waals surface area contributed by atoms with E-state index in [9.17, 15) is 8.78 Å². The van der Waals surface area contributed by atoms with Crippen molar-refractivity contribution in [3.63, 3.8) is 0 Å². The van der Waals surface area contributed by atoms with E-state index in [1.54, 1.807) is 0 Å². The van der Waals surface area contributed by atoms with Crippen molar-refractivity contribution in [3.8, 4) is 0 Å². The maximum absolute atomic E-state index is 13.4. The second-order valence-corrected chi connectivity index (χ2v) is 3.98. The van der Waals surface area contributed by atoms with Gasteiger partial charge < -0.3 is 5.32 Å². The van der Waals surface area contributed by atoms with Crippen LogP contribution in [-0.4, -0.2) is 0 Å². The second-order valence-electron chi connectivity index (χ2n) is 3.58. The fourth-order valence-electron chi connectivity index (χ4n) is 1.45. The number of halogens is 3. The van der Waals surface area contributed by atoms with Gasteiger partial charge in [-0.3, -0.25) is 0 Å². The molecule has 0 heterocycles. The van der Waals surface area contributed by atoms with E-state index in [1.807, 2.05) is 30.3 Å². The molecule has 0 bridgehead atoms. The molecule has 2 rings (SSSR count). The number of hydrogen-bond acceptors (Lipinski definition) is 1. The lowest BCUT2D eigenvalue weighted by Crippen LogP contribution is -2.02. The Balaban J connectivity index is 2.12. The molecular weight excluding hydrogens is 244 g/mol. The third-order valence-corrected chi connectivity index (χ3v) is 2.64. The summed E-state index contributed by atoms with van der Waals surface area (Å²) in [4.78, 5) is 0. The smallest absolute Gasteiger partial charge is 0.142 e. The number of hydrogen-bond donors (Lipinski definition) is 1. The average Bonchev–Trinajstić information content (AvgIpc) is 2.33. The van der Waals surface area contributed by atoms with Crippen molar-refractivity contribution in [2.75, 3.05) is 5.32 Å². The van der Waals surface area contributed by atoms with E-state index in [-0.39, 0.29) is 17.1 Å². The van der Waals surface area contributed by atoms with Crippen molar-refractivity contribution in [3.05, 3.63) is 64.7 Å². The number of rotatable bonds is 3. The van der Waals surface area contributed by atoms with Crippen LogP contribution in [0.4, 0.5) is 14.5 Å². The van der Waals surface area contributed by atoms with Crippen LogP contribution in [0.1, 0.15) is 5.56 Å². The lowest BCUT2D eigenvalue weighted by Gasteiger charge is -2.08. The third kappa shape index (κ3) is 2.94. The Morgan fingerprint density at radius 3 is 2.41 bits per heavy atom. The fourth-order valence-corrected chi connectivity index (χ4v) is 1.60. The molecule has 1 N–H and O–H groups in total. The molecule has 0 atom stereocenters. The van der Waals surface area contributed by atoms with Gasteiger partial charge in [-0.25, -0.2) is 8.78 Å². The molecule has 0 saturated carbocycles. The summed E-state index contributed by atoms with van der Waals surface area (Å²) in [5.74, 6) is -1.13. The van der Waals surface area contributed by atoms with Crippen LogP contribution < -0.4 is 5.32 Å². The highest BCUT2D eigenvalue weighted by atomic mass is 35.5. The van der Waals surface area contributed by atoms with Crippen LogP contribution in [0.15, 0.2) is 42.5 Å². The van der Waals surface area contributed by atoms with Crippen LogP contribution in [0.5, 0.6) is 0 Å². The van der Waals surface area contributed by atoms with Gasteiger partial charge in [0.1, 0.15) is 11.6 Å². The van der Waals surface area contributed by atoms with Crippen molar-refractivity contribution in [2.24, 2.45) is 0 Å². The highest BCUT2D eigenvalue weighted by molar-refractivity contribution is 6.30. The molecule has 0 saturated heterocycles. The van der Waals surface area contributed by atoms with Crippen LogP contribution in [0.3, 0.4) is 0 Å². The van der Waals surface area contributed by atoms with Crippen LogP contribution in [0, 0.1) is 11.6 Å². The number of benzene rings is 2.